The molecule has 2 fully saturated rings. The standard InChI is InChI=1S/C19H26N2O3/c22-18(20-15-19(23)9-1-2-10-19)8-5-16-3-6-17(7-4-16)21-11-13-24-14-12-21/h3-8,23H,1-2,9-15H2,(H,20,22)/b8-5+. The van der Waals surface area contributed by atoms with Crippen molar-refractivity contribution >= 4 is 17.7 Å². The van der Waals surface area contributed by atoms with Crippen LogP contribution in [-0.4, -0.2) is 49.5 Å². The van der Waals surface area contributed by atoms with Crippen molar-refractivity contribution in [2.45, 2.75) is 31.3 Å². The van der Waals surface area contributed by atoms with Gasteiger partial charge >= 0.3 is 0 Å². The van der Waals surface area contributed by atoms with E-state index < -0.39 is 5.60 Å². The molecule has 2 N–H and O–H groups in total. The molecule has 1 saturated carbocycles. The first-order chi connectivity index (χ1) is 11.6. The molecule has 0 radical (unpaired) electrons. The average molecular weight is 330 g/mol. The normalized spacial score (nSPS) is 20.5. The van der Waals surface area contributed by atoms with Gasteiger partial charge < -0.3 is 20.1 Å². The number of ether oxygens (including phenoxy) is 1. The molecule has 5 nitrogen and oxygen atoms in total. The van der Waals surface area contributed by atoms with E-state index in [4.69, 9.17) is 4.74 Å². The van der Waals surface area contributed by atoms with Crippen LogP contribution in [0.2, 0.25) is 0 Å². The monoisotopic (exact) mass is 330 g/mol. The highest BCUT2D eigenvalue weighted by Crippen LogP contribution is 2.28. The molecule has 1 saturated heterocycles. The molecule has 0 atom stereocenters. The lowest BCUT2D eigenvalue weighted by Gasteiger charge is -2.28. The zero-order valence-electron chi connectivity index (χ0n) is 14.0. The predicted octanol–water partition coefficient (Wildman–Crippen LogP) is 1.96. The quantitative estimate of drug-likeness (QED) is 0.810. The van der Waals surface area contributed by atoms with Crippen LogP contribution < -0.4 is 10.2 Å². The van der Waals surface area contributed by atoms with Crippen LogP contribution in [0.15, 0.2) is 30.3 Å². The van der Waals surface area contributed by atoms with Gasteiger partial charge in [-0.15, -0.1) is 0 Å². The fourth-order valence-corrected chi connectivity index (χ4v) is 3.31. The molecule has 130 valence electrons. The van der Waals surface area contributed by atoms with E-state index in [1.807, 2.05) is 12.1 Å². The van der Waals surface area contributed by atoms with Crippen LogP contribution in [0, 0.1) is 0 Å². The number of carbonyl (C=O) groups excluding carboxylic acids is 1. The van der Waals surface area contributed by atoms with Crippen molar-refractivity contribution in [1.29, 1.82) is 0 Å². The first-order valence-electron chi connectivity index (χ1n) is 8.76. The van der Waals surface area contributed by atoms with E-state index in [0.717, 1.165) is 57.6 Å². The maximum Gasteiger partial charge on any atom is 0.244 e. The molecule has 1 amide bonds. The van der Waals surface area contributed by atoms with Gasteiger partial charge in [0.15, 0.2) is 0 Å². The van der Waals surface area contributed by atoms with E-state index >= 15 is 0 Å². The summed E-state index contributed by atoms with van der Waals surface area (Å²) in [5, 5.41) is 13.0. The number of morpholine rings is 1. The number of nitrogens with one attached hydrogen (secondary N) is 1. The highest BCUT2D eigenvalue weighted by molar-refractivity contribution is 5.91. The molecular formula is C19H26N2O3. The van der Waals surface area contributed by atoms with Crippen molar-refractivity contribution in [3.8, 4) is 0 Å². The third-order valence-electron chi connectivity index (χ3n) is 4.82. The first-order valence-corrected chi connectivity index (χ1v) is 8.76. The van der Waals surface area contributed by atoms with Gasteiger partial charge in [-0.2, -0.15) is 0 Å². The largest absolute Gasteiger partial charge is 0.388 e. The Labute approximate surface area is 143 Å². The SMILES string of the molecule is O=C(/C=C/c1ccc(N2CCOCC2)cc1)NCC1(O)CCCC1. The van der Waals surface area contributed by atoms with E-state index in [-0.39, 0.29) is 5.91 Å². The van der Waals surface area contributed by atoms with Gasteiger partial charge in [0.2, 0.25) is 5.91 Å². The Balaban J connectivity index is 1.49. The number of hydrogen-bond acceptors (Lipinski definition) is 4. The van der Waals surface area contributed by atoms with Crippen LogP contribution in [0.1, 0.15) is 31.2 Å². The molecule has 1 aliphatic heterocycles. The Morgan fingerprint density at radius 1 is 1.21 bits per heavy atom. The van der Waals surface area contributed by atoms with Crippen LogP contribution in [0.25, 0.3) is 6.08 Å². The second-order valence-electron chi connectivity index (χ2n) is 6.67. The summed E-state index contributed by atoms with van der Waals surface area (Å²) >= 11 is 0. The second kappa shape index (κ2) is 7.81. The third kappa shape index (κ3) is 4.58. The molecule has 0 bridgehead atoms. The third-order valence-corrected chi connectivity index (χ3v) is 4.82. The maximum absolute atomic E-state index is 11.9. The average Bonchev–Trinajstić information content (AvgIpc) is 3.06. The van der Waals surface area contributed by atoms with E-state index in [0.29, 0.717) is 6.54 Å². The molecule has 5 heteroatoms. The van der Waals surface area contributed by atoms with Gasteiger partial charge in [0.05, 0.1) is 18.8 Å². The lowest BCUT2D eigenvalue weighted by atomic mass is 10.0. The number of aliphatic hydroxyl groups is 1. The smallest absolute Gasteiger partial charge is 0.244 e. The zero-order chi connectivity index (χ0) is 16.8. The molecule has 2 aliphatic rings. The molecule has 1 heterocycles. The van der Waals surface area contributed by atoms with E-state index in [1.165, 1.54) is 11.8 Å². The number of amides is 1. The van der Waals surface area contributed by atoms with Crippen molar-refractivity contribution in [1.82, 2.24) is 5.32 Å². The summed E-state index contributed by atoms with van der Waals surface area (Å²) in [7, 11) is 0. The summed E-state index contributed by atoms with van der Waals surface area (Å²) in [6, 6.07) is 8.17. The summed E-state index contributed by atoms with van der Waals surface area (Å²) in [6.45, 7) is 3.72. The van der Waals surface area contributed by atoms with Crippen LogP contribution in [0.3, 0.4) is 0 Å². The second-order valence-corrected chi connectivity index (χ2v) is 6.67. The summed E-state index contributed by atoms with van der Waals surface area (Å²) in [6.07, 6.45) is 6.97. The lowest BCUT2D eigenvalue weighted by molar-refractivity contribution is -0.117. The molecule has 0 spiro atoms. The molecular weight excluding hydrogens is 304 g/mol. The summed E-state index contributed by atoms with van der Waals surface area (Å²) < 4.78 is 5.36. The summed E-state index contributed by atoms with van der Waals surface area (Å²) in [5.74, 6) is -0.160. The Morgan fingerprint density at radius 2 is 1.88 bits per heavy atom. The molecule has 1 aromatic rings. The van der Waals surface area contributed by atoms with Gasteiger partial charge in [0.25, 0.3) is 0 Å². The zero-order valence-corrected chi connectivity index (χ0v) is 14.0. The van der Waals surface area contributed by atoms with Gasteiger partial charge in [0, 0.05) is 31.4 Å². The maximum atomic E-state index is 11.9. The van der Waals surface area contributed by atoms with Crippen molar-refractivity contribution < 1.29 is 14.6 Å². The van der Waals surface area contributed by atoms with Crippen LogP contribution in [0.5, 0.6) is 0 Å². The number of benzene rings is 1. The minimum absolute atomic E-state index is 0.160. The van der Waals surface area contributed by atoms with Crippen LogP contribution in [0.4, 0.5) is 5.69 Å². The molecule has 3 rings (SSSR count). The van der Waals surface area contributed by atoms with Gasteiger partial charge in [-0.25, -0.2) is 0 Å². The van der Waals surface area contributed by atoms with Gasteiger partial charge in [-0.05, 0) is 36.6 Å². The van der Waals surface area contributed by atoms with E-state index in [2.05, 4.69) is 22.3 Å². The number of rotatable bonds is 5. The minimum atomic E-state index is -0.705. The van der Waals surface area contributed by atoms with Crippen molar-refractivity contribution in [3.05, 3.63) is 35.9 Å². The number of carbonyl (C=O) groups is 1. The van der Waals surface area contributed by atoms with E-state index in [9.17, 15) is 9.90 Å². The van der Waals surface area contributed by atoms with Crippen LogP contribution >= 0.6 is 0 Å². The van der Waals surface area contributed by atoms with E-state index in [1.54, 1.807) is 6.08 Å². The summed E-state index contributed by atoms with van der Waals surface area (Å²) in [4.78, 5) is 14.2. The van der Waals surface area contributed by atoms with Gasteiger partial charge in [-0.1, -0.05) is 25.0 Å². The Bertz CT molecular complexity index is 571. The fraction of sp³-hybridized carbons (Fsp3) is 0.526. The summed E-state index contributed by atoms with van der Waals surface area (Å²) in [5.41, 5.74) is 1.47. The lowest BCUT2D eigenvalue weighted by Crippen LogP contribution is -2.40. The highest BCUT2D eigenvalue weighted by Gasteiger charge is 2.30. The topological polar surface area (TPSA) is 61.8 Å². The highest BCUT2D eigenvalue weighted by atomic mass is 16.5. The number of anilines is 1. The minimum Gasteiger partial charge on any atom is -0.388 e. The van der Waals surface area contributed by atoms with Gasteiger partial charge in [0.1, 0.15) is 0 Å². The number of hydrogen-bond donors (Lipinski definition) is 2. The Hall–Kier alpha value is -1.85. The molecule has 1 aliphatic carbocycles. The Morgan fingerprint density at radius 3 is 2.54 bits per heavy atom. The molecule has 24 heavy (non-hydrogen) atoms. The molecule has 0 aromatic heterocycles. The number of nitrogens with zero attached hydrogens (tertiary/aromatic N) is 1. The molecule has 1 aromatic carbocycles. The molecule has 0 unspecified atom stereocenters. The van der Waals surface area contributed by atoms with Crippen LogP contribution in [-0.2, 0) is 9.53 Å². The van der Waals surface area contributed by atoms with Crippen molar-refractivity contribution in [2.24, 2.45) is 0 Å². The fourth-order valence-electron chi connectivity index (χ4n) is 3.31. The first kappa shape index (κ1) is 17.0. The van der Waals surface area contributed by atoms with Crippen molar-refractivity contribution in [2.75, 3.05) is 37.7 Å². The Kier molecular flexibility index (Phi) is 5.53. The van der Waals surface area contributed by atoms with Crippen molar-refractivity contribution in [3.63, 3.8) is 0 Å². The van der Waals surface area contributed by atoms with Gasteiger partial charge in [-0.3, -0.25) is 4.79 Å². The predicted molar refractivity (Wildman–Crippen MR) is 94.9 cm³/mol.